The van der Waals surface area contributed by atoms with Crippen LogP contribution >= 0.6 is 0 Å². The van der Waals surface area contributed by atoms with Crippen molar-refractivity contribution < 1.29 is 9.18 Å². The summed E-state index contributed by atoms with van der Waals surface area (Å²) in [5.74, 6) is -0.730. The highest BCUT2D eigenvalue weighted by atomic mass is 19.1. The molecule has 0 aliphatic carbocycles. The van der Waals surface area contributed by atoms with Crippen LogP contribution < -0.4 is 11.1 Å². The van der Waals surface area contributed by atoms with Gasteiger partial charge in [-0.1, -0.05) is 12.1 Å². The Kier molecular flexibility index (Phi) is 4.19. The Balaban J connectivity index is 2.76. The minimum absolute atomic E-state index is 0.339. The van der Waals surface area contributed by atoms with E-state index in [9.17, 15) is 9.18 Å². The number of hydrogen-bond acceptors (Lipinski definition) is 2. The Morgan fingerprint density at radius 3 is 3.00 bits per heavy atom. The van der Waals surface area contributed by atoms with Crippen LogP contribution in [0.2, 0.25) is 0 Å². The van der Waals surface area contributed by atoms with Crippen molar-refractivity contribution in [2.75, 3.05) is 5.32 Å². The van der Waals surface area contributed by atoms with Crippen LogP contribution in [-0.2, 0) is 4.79 Å². The molecule has 1 amide bonds. The smallest absolute Gasteiger partial charge is 0.241 e. The lowest BCUT2D eigenvalue weighted by molar-refractivity contribution is -0.117. The number of halogens is 1. The number of aryl methyl sites for hydroxylation is 1. The van der Waals surface area contributed by atoms with E-state index in [2.05, 4.69) is 11.9 Å². The maximum absolute atomic E-state index is 12.9. The van der Waals surface area contributed by atoms with Crippen molar-refractivity contribution in [2.45, 2.75) is 19.4 Å². The fourth-order valence-electron chi connectivity index (χ4n) is 1.24. The zero-order valence-electron chi connectivity index (χ0n) is 9.16. The van der Waals surface area contributed by atoms with Crippen LogP contribution in [0.3, 0.4) is 0 Å². The highest BCUT2D eigenvalue weighted by molar-refractivity contribution is 5.95. The summed E-state index contributed by atoms with van der Waals surface area (Å²) in [5, 5.41) is 2.58. The van der Waals surface area contributed by atoms with Gasteiger partial charge in [0, 0.05) is 5.69 Å². The van der Waals surface area contributed by atoms with Gasteiger partial charge in [0.1, 0.15) is 5.82 Å². The van der Waals surface area contributed by atoms with Crippen LogP contribution in [0.5, 0.6) is 0 Å². The number of carbonyl (C=O) groups is 1. The Bertz CT molecular complexity index is 404. The van der Waals surface area contributed by atoms with Crippen LogP contribution in [0.1, 0.15) is 12.0 Å². The van der Waals surface area contributed by atoms with Crippen molar-refractivity contribution in [2.24, 2.45) is 5.73 Å². The zero-order chi connectivity index (χ0) is 12.1. The fourth-order valence-corrected chi connectivity index (χ4v) is 1.24. The maximum atomic E-state index is 12.9. The summed E-state index contributed by atoms with van der Waals surface area (Å²) in [6.45, 7) is 5.29. The molecule has 0 heterocycles. The van der Waals surface area contributed by atoms with Crippen molar-refractivity contribution in [1.29, 1.82) is 0 Å². The van der Waals surface area contributed by atoms with Gasteiger partial charge in [-0.25, -0.2) is 4.39 Å². The third-order valence-corrected chi connectivity index (χ3v) is 2.21. The molecule has 3 N–H and O–H groups in total. The molecular weight excluding hydrogens is 207 g/mol. The summed E-state index contributed by atoms with van der Waals surface area (Å²) in [7, 11) is 0. The number of rotatable bonds is 4. The van der Waals surface area contributed by atoms with Crippen molar-refractivity contribution in [3.05, 3.63) is 42.2 Å². The number of anilines is 1. The zero-order valence-corrected chi connectivity index (χ0v) is 9.16. The number of carbonyl (C=O) groups excluding carboxylic acids is 1. The van der Waals surface area contributed by atoms with E-state index in [-0.39, 0.29) is 5.91 Å². The monoisotopic (exact) mass is 222 g/mol. The summed E-state index contributed by atoms with van der Waals surface area (Å²) in [6.07, 6.45) is 1.96. The van der Waals surface area contributed by atoms with Crippen molar-refractivity contribution in [1.82, 2.24) is 0 Å². The quantitative estimate of drug-likeness (QED) is 0.765. The van der Waals surface area contributed by atoms with Gasteiger partial charge in [0.15, 0.2) is 0 Å². The molecule has 0 fully saturated rings. The number of nitrogens with two attached hydrogens (primary N) is 1. The molecule has 0 aliphatic heterocycles. The second-order valence-electron chi connectivity index (χ2n) is 3.58. The van der Waals surface area contributed by atoms with Gasteiger partial charge in [0.25, 0.3) is 0 Å². The first kappa shape index (κ1) is 12.4. The predicted molar refractivity (Wildman–Crippen MR) is 62.6 cm³/mol. The molecule has 0 aromatic heterocycles. The number of amides is 1. The number of hydrogen-bond donors (Lipinski definition) is 2. The maximum Gasteiger partial charge on any atom is 0.241 e. The topological polar surface area (TPSA) is 55.1 Å². The summed E-state index contributed by atoms with van der Waals surface area (Å²) in [6, 6.07) is 3.56. The molecule has 86 valence electrons. The van der Waals surface area contributed by atoms with Crippen molar-refractivity contribution >= 4 is 11.6 Å². The Labute approximate surface area is 94.1 Å². The predicted octanol–water partition coefficient (Wildman–Crippen LogP) is 1.98. The number of nitrogens with one attached hydrogen (secondary N) is 1. The lowest BCUT2D eigenvalue weighted by Crippen LogP contribution is -2.35. The normalized spacial score (nSPS) is 11.9. The third-order valence-electron chi connectivity index (χ3n) is 2.21. The first-order chi connectivity index (χ1) is 7.54. The van der Waals surface area contributed by atoms with Crippen molar-refractivity contribution in [3.8, 4) is 0 Å². The van der Waals surface area contributed by atoms with E-state index < -0.39 is 11.9 Å². The molecule has 1 aromatic carbocycles. The van der Waals surface area contributed by atoms with Gasteiger partial charge in [-0.05, 0) is 31.0 Å². The summed E-state index contributed by atoms with van der Waals surface area (Å²) < 4.78 is 12.9. The van der Waals surface area contributed by atoms with Gasteiger partial charge in [-0.2, -0.15) is 0 Å². The van der Waals surface area contributed by atoms with Gasteiger partial charge in [0.2, 0.25) is 5.91 Å². The SMILES string of the molecule is C=CCC(N)C(=O)Nc1cc(F)ccc1C. The largest absolute Gasteiger partial charge is 0.324 e. The molecule has 1 unspecified atom stereocenters. The first-order valence-electron chi connectivity index (χ1n) is 4.98. The Morgan fingerprint density at radius 1 is 1.69 bits per heavy atom. The van der Waals surface area contributed by atoms with Gasteiger partial charge in [0.05, 0.1) is 6.04 Å². The Morgan fingerprint density at radius 2 is 2.38 bits per heavy atom. The van der Waals surface area contributed by atoms with Crippen LogP contribution in [0.15, 0.2) is 30.9 Å². The lowest BCUT2D eigenvalue weighted by atomic mass is 10.1. The van der Waals surface area contributed by atoms with E-state index in [0.717, 1.165) is 5.56 Å². The summed E-state index contributed by atoms with van der Waals surface area (Å²) in [4.78, 5) is 11.6. The van der Waals surface area contributed by atoms with E-state index in [1.54, 1.807) is 19.1 Å². The molecule has 0 aliphatic rings. The van der Waals surface area contributed by atoms with E-state index in [1.165, 1.54) is 12.1 Å². The Hall–Kier alpha value is -1.68. The fraction of sp³-hybridized carbons (Fsp3) is 0.250. The molecule has 16 heavy (non-hydrogen) atoms. The van der Waals surface area contributed by atoms with E-state index in [4.69, 9.17) is 5.73 Å². The second-order valence-corrected chi connectivity index (χ2v) is 3.58. The van der Waals surface area contributed by atoms with Gasteiger partial charge >= 0.3 is 0 Å². The molecule has 0 bridgehead atoms. The molecule has 3 nitrogen and oxygen atoms in total. The molecule has 1 atom stereocenters. The second kappa shape index (κ2) is 5.42. The minimum atomic E-state index is -0.653. The molecular formula is C12H15FN2O. The van der Waals surface area contributed by atoms with Gasteiger partial charge in [-0.15, -0.1) is 6.58 Å². The molecule has 1 aromatic rings. The standard InChI is InChI=1S/C12H15FN2O/c1-3-4-10(14)12(16)15-11-7-9(13)6-5-8(11)2/h3,5-7,10H,1,4,14H2,2H3,(H,15,16). The van der Waals surface area contributed by atoms with Crippen LogP contribution in [0.4, 0.5) is 10.1 Å². The highest BCUT2D eigenvalue weighted by Crippen LogP contribution is 2.16. The molecule has 0 saturated carbocycles. The lowest BCUT2D eigenvalue weighted by Gasteiger charge is -2.12. The molecule has 1 rings (SSSR count). The molecule has 0 radical (unpaired) electrons. The van der Waals surface area contributed by atoms with Crippen LogP contribution in [0, 0.1) is 12.7 Å². The average molecular weight is 222 g/mol. The van der Waals surface area contributed by atoms with Gasteiger partial charge < -0.3 is 11.1 Å². The van der Waals surface area contributed by atoms with E-state index in [1.807, 2.05) is 0 Å². The number of benzene rings is 1. The van der Waals surface area contributed by atoms with Gasteiger partial charge in [-0.3, -0.25) is 4.79 Å². The highest BCUT2D eigenvalue weighted by Gasteiger charge is 2.12. The summed E-state index contributed by atoms with van der Waals surface area (Å²) >= 11 is 0. The third kappa shape index (κ3) is 3.17. The van der Waals surface area contributed by atoms with Crippen molar-refractivity contribution in [3.63, 3.8) is 0 Å². The summed E-state index contributed by atoms with van der Waals surface area (Å²) in [5.41, 5.74) is 6.83. The minimum Gasteiger partial charge on any atom is -0.324 e. The van der Waals surface area contributed by atoms with E-state index in [0.29, 0.717) is 12.1 Å². The van der Waals surface area contributed by atoms with E-state index >= 15 is 0 Å². The molecule has 4 heteroatoms. The average Bonchev–Trinajstić information content (AvgIpc) is 2.23. The molecule has 0 spiro atoms. The molecule has 0 saturated heterocycles. The van der Waals surface area contributed by atoms with Crippen LogP contribution in [-0.4, -0.2) is 11.9 Å². The van der Waals surface area contributed by atoms with Crippen LogP contribution in [0.25, 0.3) is 0 Å². The first-order valence-corrected chi connectivity index (χ1v) is 4.98.